The highest BCUT2D eigenvalue weighted by Crippen LogP contribution is 2.29. The summed E-state index contributed by atoms with van der Waals surface area (Å²) in [5.74, 6) is 1.39. The van der Waals surface area contributed by atoms with Gasteiger partial charge in [-0.3, -0.25) is 10.1 Å². The van der Waals surface area contributed by atoms with Crippen molar-refractivity contribution in [2.45, 2.75) is 20.3 Å². The summed E-state index contributed by atoms with van der Waals surface area (Å²) in [6.07, 6.45) is 0.656. The van der Waals surface area contributed by atoms with Gasteiger partial charge in [0.15, 0.2) is 11.5 Å². The molecule has 0 spiro atoms. The Morgan fingerprint density at radius 3 is 2.50 bits per heavy atom. The molecule has 0 amide bonds. The topological polar surface area (TPSA) is 97.4 Å². The summed E-state index contributed by atoms with van der Waals surface area (Å²) in [6.45, 7) is 5.43. The average Bonchev–Trinajstić information content (AvgIpc) is 2.64. The van der Waals surface area contributed by atoms with E-state index in [0.717, 1.165) is 5.56 Å². The van der Waals surface area contributed by atoms with Crippen molar-refractivity contribution in [3.8, 4) is 17.6 Å². The lowest BCUT2D eigenvalue weighted by Gasteiger charge is -2.13. The smallest absolute Gasteiger partial charge is 0.293 e. The first-order valence-electron chi connectivity index (χ1n) is 8.40. The summed E-state index contributed by atoms with van der Waals surface area (Å²) in [6, 6.07) is 12.0. The number of nitro groups is 1. The molecule has 0 aromatic heterocycles. The summed E-state index contributed by atoms with van der Waals surface area (Å²) in [5.41, 5.74) is 1.58. The molecule has 0 aliphatic carbocycles. The minimum atomic E-state index is -0.493. The molecule has 0 saturated heterocycles. The van der Waals surface area contributed by atoms with Gasteiger partial charge in [-0.2, -0.15) is 5.26 Å². The maximum absolute atomic E-state index is 11.2. The van der Waals surface area contributed by atoms with Gasteiger partial charge in [-0.25, -0.2) is 0 Å². The number of benzene rings is 2. The van der Waals surface area contributed by atoms with Crippen LogP contribution >= 0.6 is 0 Å². The van der Waals surface area contributed by atoms with Crippen LogP contribution in [0.1, 0.15) is 25.0 Å². The molecule has 0 fully saturated rings. The first-order valence-corrected chi connectivity index (χ1v) is 8.40. The summed E-state index contributed by atoms with van der Waals surface area (Å²) in [4.78, 5) is 10.7. The van der Waals surface area contributed by atoms with Crippen LogP contribution in [-0.2, 0) is 6.42 Å². The van der Waals surface area contributed by atoms with Crippen LogP contribution in [0.4, 0.5) is 11.4 Å². The van der Waals surface area contributed by atoms with Gasteiger partial charge in [-0.15, -0.1) is 0 Å². The van der Waals surface area contributed by atoms with Gasteiger partial charge in [0.1, 0.15) is 5.69 Å². The van der Waals surface area contributed by atoms with Crippen LogP contribution in [-0.4, -0.2) is 24.7 Å². The number of nitrogens with one attached hydrogen (secondary N) is 1. The predicted molar refractivity (Wildman–Crippen MR) is 98.8 cm³/mol. The number of nitriles is 1. The molecule has 2 aromatic carbocycles. The van der Waals surface area contributed by atoms with E-state index in [9.17, 15) is 10.1 Å². The van der Waals surface area contributed by atoms with E-state index in [4.69, 9.17) is 14.7 Å². The molecule has 0 bridgehead atoms. The third-order valence-corrected chi connectivity index (χ3v) is 3.66. The third kappa shape index (κ3) is 4.86. The van der Waals surface area contributed by atoms with Gasteiger partial charge in [0.25, 0.3) is 5.69 Å². The van der Waals surface area contributed by atoms with Crippen molar-refractivity contribution < 1.29 is 14.4 Å². The predicted octanol–water partition coefficient (Wildman–Crippen LogP) is 3.92. The van der Waals surface area contributed by atoms with E-state index in [1.165, 1.54) is 6.07 Å². The Morgan fingerprint density at radius 2 is 1.85 bits per heavy atom. The van der Waals surface area contributed by atoms with Crippen molar-refractivity contribution in [1.29, 1.82) is 5.26 Å². The van der Waals surface area contributed by atoms with Crippen LogP contribution in [0.15, 0.2) is 36.4 Å². The van der Waals surface area contributed by atoms with Crippen LogP contribution in [0.25, 0.3) is 0 Å². The molecule has 2 rings (SSSR count). The Morgan fingerprint density at radius 1 is 1.12 bits per heavy atom. The molecule has 1 N–H and O–H groups in total. The van der Waals surface area contributed by atoms with Gasteiger partial charge in [0.2, 0.25) is 0 Å². The number of anilines is 1. The number of rotatable bonds is 9. The number of hydrogen-bond donors (Lipinski definition) is 1. The fraction of sp³-hybridized carbons (Fsp3) is 0.316. The van der Waals surface area contributed by atoms with Crippen molar-refractivity contribution >= 4 is 11.4 Å². The Labute approximate surface area is 152 Å². The minimum absolute atomic E-state index is 0.106. The SMILES string of the molecule is CCOc1ccc(CCNc2ccc(C#N)cc2[N+](=O)[O-])cc1OCC. The zero-order chi connectivity index (χ0) is 18.9. The molecule has 2 aromatic rings. The largest absolute Gasteiger partial charge is 0.490 e. The Balaban J connectivity index is 2.07. The molecule has 0 aliphatic heterocycles. The average molecular weight is 355 g/mol. The van der Waals surface area contributed by atoms with E-state index < -0.39 is 4.92 Å². The van der Waals surface area contributed by atoms with Crippen LogP contribution in [0.2, 0.25) is 0 Å². The molecule has 7 heteroatoms. The molecule has 0 saturated carbocycles. The van der Waals surface area contributed by atoms with Crippen LogP contribution in [0.3, 0.4) is 0 Å². The Bertz CT molecular complexity index is 815. The fourth-order valence-corrected chi connectivity index (χ4v) is 2.49. The van der Waals surface area contributed by atoms with Gasteiger partial charge in [-0.1, -0.05) is 6.07 Å². The molecule has 0 atom stereocenters. The molecular formula is C19H21N3O4. The molecule has 0 radical (unpaired) electrons. The van der Waals surface area contributed by atoms with E-state index in [1.807, 2.05) is 38.1 Å². The third-order valence-electron chi connectivity index (χ3n) is 3.66. The first kappa shape index (κ1) is 19.1. The molecule has 0 heterocycles. The standard InChI is InChI=1S/C19H21N3O4/c1-3-25-18-8-6-14(12-19(18)26-4-2)9-10-21-16-7-5-15(13-20)11-17(16)22(23)24/h5-8,11-12,21H,3-4,9-10H2,1-2H3. The monoisotopic (exact) mass is 355 g/mol. The second-order valence-corrected chi connectivity index (χ2v) is 5.42. The van der Waals surface area contributed by atoms with Gasteiger partial charge < -0.3 is 14.8 Å². The highest BCUT2D eigenvalue weighted by atomic mass is 16.6. The lowest BCUT2D eigenvalue weighted by molar-refractivity contribution is -0.384. The molecule has 0 unspecified atom stereocenters. The fourth-order valence-electron chi connectivity index (χ4n) is 2.49. The normalized spacial score (nSPS) is 10.0. The van der Waals surface area contributed by atoms with Gasteiger partial charge in [0, 0.05) is 12.6 Å². The Hall–Kier alpha value is -3.27. The van der Waals surface area contributed by atoms with Gasteiger partial charge in [0.05, 0.1) is 29.8 Å². The molecule has 26 heavy (non-hydrogen) atoms. The molecule has 136 valence electrons. The molecule has 7 nitrogen and oxygen atoms in total. The number of ether oxygens (including phenoxy) is 2. The van der Waals surface area contributed by atoms with Crippen molar-refractivity contribution in [2.75, 3.05) is 25.1 Å². The van der Waals surface area contributed by atoms with Crippen molar-refractivity contribution in [1.82, 2.24) is 0 Å². The maximum Gasteiger partial charge on any atom is 0.293 e. The second-order valence-electron chi connectivity index (χ2n) is 5.42. The zero-order valence-corrected chi connectivity index (χ0v) is 14.8. The summed E-state index contributed by atoms with van der Waals surface area (Å²) >= 11 is 0. The van der Waals surface area contributed by atoms with E-state index in [1.54, 1.807) is 12.1 Å². The van der Waals surface area contributed by atoms with Crippen molar-refractivity contribution in [3.05, 3.63) is 57.6 Å². The highest BCUT2D eigenvalue weighted by molar-refractivity contribution is 5.64. The summed E-state index contributed by atoms with van der Waals surface area (Å²) < 4.78 is 11.1. The lowest BCUT2D eigenvalue weighted by atomic mass is 10.1. The maximum atomic E-state index is 11.2. The first-order chi connectivity index (χ1) is 12.6. The number of nitro benzene ring substituents is 1. The van der Waals surface area contributed by atoms with Crippen molar-refractivity contribution in [3.63, 3.8) is 0 Å². The zero-order valence-electron chi connectivity index (χ0n) is 14.8. The summed E-state index contributed by atoms with van der Waals surface area (Å²) in [5, 5.41) is 23.1. The molecular weight excluding hydrogens is 334 g/mol. The quantitative estimate of drug-likeness (QED) is 0.541. The van der Waals surface area contributed by atoms with E-state index in [-0.39, 0.29) is 11.3 Å². The van der Waals surface area contributed by atoms with Crippen LogP contribution in [0, 0.1) is 21.4 Å². The minimum Gasteiger partial charge on any atom is -0.490 e. The lowest BCUT2D eigenvalue weighted by Crippen LogP contribution is -2.07. The van der Waals surface area contributed by atoms with Gasteiger partial charge >= 0.3 is 0 Å². The van der Waals surface area contributed by atoms with Crippen molar-refractivity contribution in [2.24, 2.45) is 0 Å². The highest BCUT2D eigenvalue weighted by Gasteiger charge is 2.14. The number of hydrogen-bond acceptors (Lipinski definition) is 6. The number of nitrogens with zero attached hydrogens (tertiary/aromatic N) is 2. The van der Waals surface area contributed by atoms with Crippen LogP contribution in [0.5, 0.6) is 11.5 Å². The van der Waals surface area contributed by atoms with E-state index in [0.29, 0.717) is 43.4 Å². The van der Waals surface area contributed by atoms with E-state index >= 15 is 0 Å². The van der Waals surface area contributed by atoms with Crippen LogP contribution < -0.4 is 14.8 Å². The second kappa shape index (κ2) is 9.28. The van der Waals surface area contributed by atoms with Gasteiger partial charge in [-0.05, 0) is 50.1 Å². The Kier molecular flexibility index (Phi) is 6.80. The summed E-state index contributed by atoms with van der Waals surface area (Å²) in [7, 11) is 0. The molecule has 0 aliphatic rings. The van der Waals surface area contributed by atoms with E-state index in [2.05, 4.69) is 5.32 Å².